The van der Waals surface area contributed by atoms with Crippen LogP contribution >= 0.6 is 24.3 Å². The number of aliphatic hydroxyl groups excluding tert-OH is 2. The fraction of sp³-hybridized carbons (Fsp3) is 0.500. The molecule has 6 N–H and O–H groups in total. The predicted molar refractivity (Wildman–Crippen MR) is 91.0 cm³/mol. The van der Waals surface area contributed by atoms with Gasteiger partial charge in [0.1, 0.15) is 36.8 Å². The third-order valence-electron chi connectivity index (χ3n) is 3.65. The van der Waals surface area contributed by atoms with Crippen LogP contribution in [0.4, 0.5) is 5.82 Å². The summed E-state index contributed by atoms with van der Waals surface area (Å²) >= 11 is 0. The first-order valence-electron chi connectivity index (χ1n) is 7.52. The van der Waals surface area contributed by atoms with E-state index in [4.69, 9.17) is 24.8 Å². The van der Waals surface area contributed by atoms with Gasteiger partial charge in [-0.15, -0.1) is 4.52 Å². The lowest BCUT2D eigenvalue weighted by molar-refractivity contribution is -0.0475. The average molecular weight is 473 g/mol. The highest BCUT2D eigenvalue weighted by Crippen LogP contribution is 2.52. The number of nitrogens with zero attached hydrogens (tertiary/aromatic N) is 4. The van der Waals surface area contributed by atoms with Gasteiger partial charge in [0.05, 0.1) is 6.33 Å². The summed E-state index contributed by atoms with van der Waals surface area (Å²) in [6.45, 7) is -0.591. The number of imidazole rings is 1. The fourth-order valence-corrected chi connectivity index (χ4v) is 4.44. The molecule has 3 rings (SSSR count). The Labute approximate surface area is 162 Å². The molecule has 2 aromatic heterocycles. The Bertz CT molecular complexity index is 981. The van der Waals surface area contributed by atoms with Crippen molar-refractivity contribution in [1.82, 2.24) is 19.5 Å². The standard InChI is InChI=1S/C10H12N5O11P3/c11-8-5-9(13-2-12-8)15(3-14-5)10-7(17)6(16)4(24-10)1-23-27(18)25-28(19)26-29(20,21)22/h2-4,6-7,10,16-17H,1H2,(H2-2,11,12,13,20,21,22)/p+2/t4-,6?,7?,10-/m1/s1. The molecule has 1 fully saturated rings. The summed E-state index contributed by atoms with van der Waals surface area (Å²) in [7, 11) is -11.7. The molecule has 0 amide bonds. The van der Waals surface area contributed by atoms with Crippen molar-refractivity contribution in [3.63, 3.8) is 0 Å². The van der Waals surface area contributed by atoms with Gasteiger partial charge in [-0.25, -0.2) is 19.5 Å². The van der Waals surface area contributed by atoms with Crippen molar-refractivity contribution in [2.24, 2.45) is 0 Å². The second kappa shape index (κ2) is 8.68. The zero-order valence-corrected chi connectivity index (χ0v) is 16.7. The van der Waals surface area contributed by atoms with E-state index in [2.05, 4.69) is 23.6 Å². The summed E-state index contributed by atoms with van der Waals surface area (Å²) in [5.74, 6) is 0.0995. The molecule has 0 saturated carbocycles. The number of aromatic nitrogens is 4. The smallest absolute Gasteiger partial charge is 0.387 e. The maximum absolute atomic E-state index is 11.5. The molecule has 19 heteroatoms. The first-order chi connectivity index (χ1) is 13.6. The minimum atomic E-state index is -5.11. The lowest BCUT2D eigenvalue weighted by Crippen LogP contribution is -2.33. The number of hydrogen-bond donors (Lipinski definition) is 5. The minimum Gasteiger partial charge on any atom is -0.387 e. The van der Waals surface area contributed by atoms with E-state index in [9.17, 15) is 23.9 Å². The van der Waals surface area contributed by atoms with Crippen LogP contribution in [-0.2, 0) is 31.6 Å². The summed E-state index contributed by atoms with van der Waals surface area (Å²) in [6, 6.07) is 0. The lowest BCUT2D eigenvalue weighted by Gasteiger charge is -2.16. The molecule has 1 aliphatic rings. The Morgan fingerprint density at radius 1 is 1.21 bits per heavy atom. The number of fused-ring (bicyclic) bond motifs is 1. The predicted octanol–water partition coefficient (Wildman–Crippen LogP) is -0.515. The van der Waals surface area contributed by atoms with Gasteiger partial charge < -0.3 is 30.5 Å². The van der Waals surface area contributed by atoms with Crippen LogP contribution in [0.5, 0.6) is 0 Å². The fourth-order valence-electron chi connectivity index (χ4n) is 2.47. The topological polar surface area (TPSA) is 239 Å². The van der Waals surface area contributed by atoms with Gasteiger partial charge in [-0.3, -0.25) is 4.57 Å². The molecule has 0 spiro atoms. The molecule has 4 unspecified atom stereocenters. The quantitative estimate of drug-likeness (QED) is 0.303. The van der Waals surface area contributed by atoms with Gasteiger partial charge in [0, 0.05) is 9.13 Å². The van der Waals surface area contributed by atoms with Crippen LogP contribution in [0, 0.1) is 0 Å². The molecular weight excluding hydrogens is 459 g/mol. The Hall–Kier alpha value is -1.54. The number of anilines is 1. The van der Waals surface area contributed by atoms with E-state index in [0.717, 1.165) is 0 Å². The monoisotopic (exact) mass is 473 g/mol. The molecule has 158 valence electrons. The van der Waals surface area contributed by atoms with Crippen molar-refractivity contribution < 1.29 is 51.6 Å². The van der Waals surface area contributed by atoms with Gasteiger partial charge >= 0.3 is 24.3 Å². The first-order valence-corrected chi connectivity index (χ1v) is 11.2. The molecule has 0 aromatic carbocycles. The SMILES string of the molecule is Nc1ncnc2c1ncn2[C@@H]1O[C@H](CO[P+](=O)O[P+](=O)OP(=O)(O)O)C(O)C1O. The Balaban J connectivity index is 1.62. The lowest BCUT2D eigenvalue weighted by atomic mass is 10.1. The van der Waals surface area contributed by atoms with E-state index in [0.29, 0.717) is 0 Å². The largest absolute Gasteiger partial charge is 0.758 e. The van der Waals surface area contributed by atoms with Crippen LogP contribution in [0.2, 0.25) is 0 Å². The summed E-state index contributed by atoms with van der Waals surface area (Å²) in [6.07, 6.45) is -2.84. The second-order valence-electron chi connectivity index (χ2n) is 5.53. The number of nitrogen functional groups attached to an aromatic ring is 1. The number of hydrogen-bond acceptors (Lipinski definition) is 13. The van der Waals surface area contributed by atoms with E-state index >= 15 is 0 Å². The van der Waals surface area contributed by atoms with Crippen molar-refractivity contribution in [3.8, 4) is 0 Å². The summed E-state index contributed by atoms with van der Waals surface area (Å²) < 4.78 is 52.5. The Kier molecular flexibility index (Phi) is 6.63. The molecule has 16 nitrogen and oxygen atoms in total. The normalized spacial score (nSPS) is 26.1. The molecule has 0 aliphatic carbocycles. The van der Waals surface area contributed by atoms with Crippen molar-refractivity contribution in [3.05, 3.63) is 12.7 Å². The number of rotatable bonds is 8. The van der Waals surface area contributed by atoms with Gasteiger partial charge in [-0.1, -0.05) is 0 Å². The Morgan fingerprint density at radius 2 is 1.93 bits per heavy atom. The van der Waals surface area contributed by atoms with Gasteiger partial charge in [-0.2, -0.15) is 0 Å². The number of nitrogens with two attached hydrogens (primary N) is 1. The maximum atomic E-state index is 11.5. The third-order valence-corrected chi connectivity index (χ3v) is 6.46. The zero-order valence-electron chi connectivity index (χ0n) is 14.0. The van der Waals surface area contributed by atoms with Crippen molar-refractivity contribution >= 4 is 41.3 Å². The molecule has 6 atom stereocenters. The zero-order chi connectivity index (χ0) is 21.3. The van der Waals surface area contributed by atoms with Crippen LogP contribution in [0.25, 0.3) is 11.2 Å². The van der Waals surface area contributed by atoms with Crippen molar-refractivity contribution in [2.45, 2.75) is 24.5 Å². The second-order valence-corrected chi connectivity index (χ2v) is 8.97. The van der Waals surface area contributed by atoms with E-state index in [1.165, 1.54) is 17.2 Å². The van der Waals surface area contributed by atoms with E-state index < -0.39 is 55.5 Å². The van der Waals surface area contributed by atoms with Gasteiger partial charge in [0.2, 0.25) is 0 Å². The van der Waals surface area contributed by atoms with Crippen LogP contribution < -0.4 is 5.73 Å². The number of aliphatic hydroxyl groups is 2. The molecule has 2 aromatic rings. The summed E-state index contributed by atoms with van der Waals surface area (Å²) in [5, 5.41) is 20.4. The van der Waals surface area contributed by atoms with Crippen molar-refractivity contribution in [2.75, 3.05) is 12.3 Å². The molecular formula is C10H14N5O11P3+2. The van der Waals surface area contributed by atoms with Gasteiger partial charge in [0.15, 0.2) is 22.0 Å². The van der Waals surface area contributed by atoms with Crippen LogP contribution in [0.1, 0.15) is 6.23 Å². The molecule has 0 radical (unpaired) electrons. The van der Waals surface area contributed by atoms with Crippen molar-refractivity contribution in [1.29, 1.82) is 0 Å². The summed E-state index contributed by atoms with van der Waals surface area (Å²) in [4.78, 5) is 28.7. The molecule has 0 bridgehead atoms. The first kappa shape index (κ1) is 22.2. The molecule has 29 heavy (non-hydrogen) atoms. The van der Waals surface area contributed by atoms with Crippen LogP contribution in [0.15, 0.2) is 12.7 Å². The average Bonchev–Trinajstić information content (AvgIpc) is 3.15. The highest BCUT2D eigenvalue weighted by atomic mass is 31.3. The summed E-state index contributed by atoms with van der Waals surface area (Å²) in [5.41, 5.74) is 6.17. The minimum absolute atomic E-state index is 0.0995. The van der Waals surface area contributed by atoms with Gasteiger partial charge in [-0.05, 0) is 4.31 Å². The number of ether oxygens (including phenoxy) is 1. The van der Waals surface area contributed by atoms with E-state index in [1.807, 2.05) is 0 Å². The van der Waals surface area contributed by atoms with E-state index in [1.54, 1.807) is 0 Å². The van der Waals surface area contributed by atoms with Crippen LogP contribution in [-0.4, -0.2) is 64.4 Å². The van der Waals surface area contributed by atoms with E-state index in [-0.39, 0.29) is 17.0 Å². The highest BCUT2D eigenvalue weighted by Gasteiger charge is 2.49. The van der Waals surface area contributed by atoms with Gasteiger partial charge in [0.25, 0.3) is 0 Å². The molecule has 3 heterocycles. The van der Waals surface area contributed by atoms with Crippen LogP contribution in [0.3, 0.4) is 0 Å². The molecule has 1 saturated heterocycles. The molecule has 1 aliphatic heterocycles. The maximum Gasteiger partial charge on any atom is 0.758 e. The third kappa shape index (κ3) is 5.15. The number of phosphoric acid groups is 1. The highest BCUT2D eigenvalue weighted by molar-refractivity contribution is 7.58. The Morgan fingerprint density at radius 3 is 2.62 bits per heavy atom.